The van der Waals surface area contributed by atoms with Gasteiger partial charge >= 0.3 is 0 Å². The second-order valence-corrected chi connectivity index (χ2v) is 9.75. The van der Waals surface area contributed by atoms with Crippen LogP contribution in [0, 0.1) is 0 Å². The van der Waals surface area contributed by atoms with Gasteiger partial charge in [-0.1, -0.05) is 78.6 Å². The van der Waals surface area contributed by atoms with Gasteiger partial charge in [-0.25, -0.2) is 0 Å². The molecule has 3 saturated carbocycles. The van der Waals surface area contributed by atoms with Gasteiger partial charge in [0.15, 0.2) is 0 Å². The Hall–Kier alpha value is 0.690. The summed E-state index contributed by atoms with van der Waals surface area (Å²) in [5.41, 5.74) is 1.54. The molecule has 3 fully saturated rings. The van der Waals surface area contributed by atoms with E-state index in [1.54, 1.807) is 0 Å². The van der Waals surface area contributed by atoms with E-state index in [0.717, 1.165) is 0 Å². The van der Waals surface area contributed by atoms with Gasteiger partial charge < -0.3 is 0 Å². The highest BCUT2D eigenvalue weighted by Crippen LogP contribution is 2.54. The first-order valence-electron chi connectivity index (χ1n) is 12.0. The van der Waals surface area contributed by atoms with Gasteiger partial charge in [-0.05, 0) is 57.8 Å². The summed E-state index contributed by atoms with van der Waals surface area (Å²) in [5.74, 6) is 0. The molecule has 0 aromatic rings. The summed E-state index contributed by atoms with van der Waals surface area (Å²) in [6.07, 6.45) is 26.3. The molecule has 3 rings (SSSR count). The second-order valence-electron chi connectivity index (χ2n) is 9.75. The molecule has 1 nitrogen and oxygen atoms in total. The molecular weight excluding hydrogens is 429 g/mol. The highest BCUT2D eigenvalue weighted by atomic mass is 127. The lowest BCUT2D eigenvalue weighted by Gasteiger charge is -2.65. The molecule has 0 N–H and O–H groups in total. The van der Waals surface area contributed by atoms with Crippen molar-refractivity contribution in [3.05, 3.63) is 0 Å². The third-order valence-corrected chi connectivity index (χ3v) is 8.75. The van der Waals surface area contributed by atoms with Crippen LogP contribution >= 0.6 is 24.0 Å². The molecule has 0 bridgehead atoms. The van der Waals surface area contributed by atoms with Crippen molar-refractivity contribution in [2.75, 3.05) is 0 Å². The molecule has 0 saturated heterocycles. The zero-order chi connectivity index (χ0) is 17.8. The van der Waals surface area contributed by atoms with Gasteiger partial charge in [-0.3, -0.25) is 4.90 Å². The average molecular weight is 476 g/mol. The van der Waals surface area contributed by atoms with Crippen LogP contribution in [-0.2, 0) is 0 Å². The van der Waals surface area contributed by atoms with E-state index in [1.807, 2.05) is 0 Å². The van der Waals surface area contributed by atoms with Crippen molar-refractivity contribution in [1.82, 2.24) is 4.90 Å². The van der Waals surface area contributed by atoms with Crippen LogP contribution in [-0.4, -0.2) is 21.5 Å². The zero-order valence-electron chi connectivity index (χ0n) is 18.1. The average Bonchev–Trinajstić information content (AvgIpc) is 2.70. The summed E-state index contributed by atoms with van der Waals surface area (Å²) >= 11 is 0. The third-order valence-electron chi connectivity index (χ3n) is 8.75. The van der Waals surface area contributed by atoms with E-state index >= 15 is 0 Å². The standard InChI is InChI=1S/C24H45N.HI/c1-4-22(16-10-7-11-17-22)25(23(5-2)18-12-8-13-19-23)24(6-3)20-14-9-15-21-24;/h4-21H2,1-3H3;1H. The lowest BCUT2D eigenvalue weighted by Crippen LogP contribution is -2.70. The van der Waals surface area contributed by atoms with Crippen LogP contribution in [0.5, 0.6) is 0 Å². The van der Waals surface area contributed by atoms with E-state index in [-0.39, 0.29) is 24.0 Å². The lowest BCUT2D eigenvalue weighted by molar-refractivity contribution is -0.151. The minimum atomic E-state index is 0. The van der Waals surface area contributed by atoms with Crippen molar-refractivity contribution in [2.45, 2.75) is 153 Å². The van der Waals surface area contributed by atoms with Crippen LogP contribution in [0.3, 0.4) is 0 Å². The van der Waals surface area contributed by atoms with Gasteiger partial charge in [0.2, 0.25) is 0 Å². The van der Waals surface area contributed by atoms with E-state index in [2.05, 4.69) is 25.7 Å². The fourth-order valence-corrected chi connectivity index (χ4v) is 7.34. The Morgan fingerprint density at radius 1 is 0.462 bits per heavy atom. The van der Waals surface area contributed by atoms with Crippen molar-refractivity contribution in [3.8, 4) is 0 Å². The van der Waals surface area contributed by atoms with Crippen LogP contribution in [0.1, 0.15) is 136 Å². The predicted molar refractivity (Wildman–Crippen MR) is 126 cm³/mol. The maximum atomic E-state index is 3.31. The van der Waals surface area contributed by atoms with Crippen LogP contribution in [0.25, 0.3) is 0 Å². The molecule has 0 aromatic heterocycles. The maximum Gasteiger partial charge on any atom is 0.0218 e. The summed E-state index contributed by atoms with van der Waals surface area (Å²) in [4.78, 5) is 3.31. The van der Waals surface area contributed by atoms with Gasteiger partial charge in [0.1, 0.15) is 0 Å². The molecule has 0 aromatic carbocycles. The maximum absolute atomic E-state index is 3.31. The molecule has 154 valence electrons. The summed E-state index contributed by atoms with van der Waals surface area (Å²) in [6.45, 7) is 7.57. The number of hydrogen-bond acceptors (Lipinski definition) is 1. The minimum Gasteiger partial charge on any atom is -0.286 e. The molecule has 3 aliphatic carbocycles. The fraction of sp³-hybridized carbons (Fsp3) is 1.00. The Morgan fingerprint density at radius 3 is 0.885 bits per heavy atom. The monoisotopic (exact) mass is 475 g/mol. The van der Waals surface area contributed by atoms with Crippen molar-refractivity contribution in [3.63, 3.8) is 0 Å². The normalized spacial score (nSPS) is 27.7. The first-order valence-corrected chi connectivity index (χ1v) is 12.0. The first kappa shape index (κ1) is 23.0. The molecule has 0 spiro atoms. The molecule has 3 aliphatic rings. The quantitative estimate of drug-likeness (QED) is 0.350. The highest BCUT2D eigenvalue weighted by Gasteiger charge is 2.55. The van der Waals surface area contributed by atoms with Crippen LogP contribution in [0.2, 0.25) is 0 Å². The van der Waals surface area contributed by atoms with Crippen molar-refractivity contribution in [2.24, 2.45) is 0 Å². The number of hydrogen-bond donors (Lipinski definition) is 0. The number of rotatable bonds is 6. The third kappa shape index (κ3) is 4.16. The van der Waals surface area contributed by atoms with E-state index in [0.29, 0.717) is 16.6 Å². The van der Waals surface area contributed by atoms with Gasteiger partial charge in [-0.2, -0.15) is 0 Å². The summed E-state index contributed by atoms with van der Waals surface area (Å²) in [5, 5.41) is 0. The fourth-order valence-electron chi connectivity index (χ4n) is 7.34. The summed E-state index contributed by atoms with van der Waals surface area (Å²) < 4.78 is 0. The SMILES string of the molecule is CCC1(N(C2(CC)CCCCC2)C2(CC)CCCCC2)CCCCC1.I. The summed E-state index contributed by atoms with van der Waals surface area (Å²) in [7, 11) is 0. The number of halogens is 1. The first-order chi connectivity index (χ1) is 12.2. The van der Waals surface area contributed by atoms with Gasteiger partial charge in [0.25, 0.3) is 0 Å². The van der Waals surface area contributed by atoms with Gasteiger partial charge in [0, 0.05) is 16.6 Å². The molecular formula is C24H46IN. The molecule has 0 heterocycles. The van der Waals surface area contributed by atoms with Crippen LogP contribution < -0.4 is 0 Å². The topological polar surface area (TPSA) is 3.24 Å². The van der Waals surface area contributed by atoms with E-state index in [9.17, 15) is 0 Å². The highest BCUT2D eigenvalue weighted by molar-refractivity contribution is 14.0. The Bertz CT molecular complexity index is 339. The van der Waals surface area contributed by atoms with Crippen LogP contribution in [0.4, 0.5) is 0 Å². The Balaban J connectivity index is 0.00000243. The second kappa shape index (κ2) is 9.94. The van der Waals surface area contributed by atoms with E-state index in [1.165, 1.54) is 116 Å². The molecule has 0 atom stereocenters. The van der Waals surface area contributed by atoms with E-state index < -0.39 is 0 Å². The Labute approximate surface area is 181 Å². The van der Waals surface area contributed by atoms with Crippen LogP contribution in [0.15, 0.2) is 0 Å². The molecule has 0 unspecified atom stereocenters. The van der Waals surface area contributed by atoms with Crippen molar-refractivity contribution < 1.29 is 0 Å². The Morgan fingerprint density at radius 2 is 0.692 bits per heavy atom. The Kier molecular flexibility index (Phi) is 8.78. The molecule has 2 heteroatoms. The largest absolute Gasteiger partial charge is 0.286 e. The molecule has 0 radical (unpaired) electrons. The smallest absolute Gasteiger partial charge is 0.0218 e. The van der Waals surface area contributed by atoms with Crippen molar-refractivity contribution in [1.29, 1.82) is 0 Å². The van der Waals surface area contributed by atoms with Crippen molar-refractivity contribution >= 4 is 24.0 Å². The van der Waals surface area contributed by atoms with Gasteiger partial charge in [-0.15, -0.1) is 24.0 Å². The predicted octanol–water partition coefficient (Wildman–Crippen LogP) is 8.25. The lowest BCUT2D eigenvalue weighted by atomic mass is 9.64. The molecule has 0 aliphatic heterocycles. The minimum absolute atomic E-state index is 0. The van der Waals surface area contributed by atoms with Gasteiger partial charge in [0.05, 0.1) is 0 Å². The van der Waals surface area contributed by atoms with E-state index in [4.69, 9.17) is 0 Å². The molecule has 26 heavy (non-hydrogen) atoms. The summed E-state index contributed by atoms with van der Waals surface area (Å²) in [6, 6.07) is 0. The number of nitrogens with zero attached hydrogens (tertiary/aromatic N) is 1. The zero-order valence-corrected chi connectivity index (χ0v) is 20.4. The molecule has 0 amide bonds.